The van der Waals surface area contributed by atoms with Gasteiger partial charge in [0.15, 0.2) is 0 Å². The quantitative estimate of drug-likeness (QED) is 0.796. The van der Waals surface area contributed by atoms with Crippen LogP contribution in [0.5, 0.6) is 5.88 Å². The van der Waals surface area contributed by atoms with Gasteiger partial charge in [-0.3, -0.25) is 4.98 Å². The van der Waals surface area contributed by atoms with Gasteiger partial charge in [-0.2, -0.15) is 0 Å². The van der Waals surface area contributed by atoms with Gasteiger partial charge in [0, 0.05) is 29.2 Å². The zero-order valence-electron chi connectivity index (χ0n) is 13.0. The SMILES string of the molecule is COc1ncnc(C2CC2)c1-c1cc2[nH]cc(C3CC3)c2cn1. The normalized spacial score (nSPS) is 17.6. The van der Waals surface area contributed by atoms with Crippen LogP contribution in [0.15, 0.2) is 24.8 Å². The maximum absolute atomic E-state index is 5.48. The van der Waals surface area contributed by atoms with E-state index >= 15 is 0 Å². The highest BCUT2D eigenvalue weighted by Gasteiger charge is 2.31. The van der Waals surface area contributed by atoms with Crippen LogP contribution in [0.2, 0.25) is 0 Å². The van der Waals surface area contributed by atoms with Crippen LogP contribution in [0.25, 0.3) is 22.2 Å². The first-order chi connectivity index (χ1) is 11.3. The molecule has 23 heavy (non-hydrogen) atoms. The van der Waals surface area contributed by atoms with Gasteiger partial charge in [0.1, 0.15) is 6.33 Å². The van der Waals surface area contributed by atoms with Crippen LogP contribution >= 0.6 is 0 Å². The van der Waals surface area contributed by atoms with Gasteiger partial charge in [-0.05, 0) is 43.2 Å². The number of ether oxygens (including phenoxy) is 1. The first kappa shape index (κ1) is 13.0. The van der Waals surface area contributed by atoms with E-state index < -0.39 is 0 Å². The summed E-state index contributed by atoms with van der Waals surface area (Å²) in [6, 6.07) is 2.11. The fraction of sp³-hybridized carbons (Fsp3) is 0.389. The lowest BCUT2D eigenvalue weighted by atomic mass is 10.1. The van der Waals surface area contributed by atoms with Gasteiger partial charge < -0.3 is 9.72 Å². The molecule has 2 aliphatic carbocycles. The molecule has 0 amide bonds. The van der Waals surface area contributed by atoms with Crippen LogP contribution in [0, 0.1) is 0 Å². The maximum atomic E-state index is 5.48. The summed E-state index contributed by atoms with van der Waals surface area (Å²) in [5.74, 6) is 1.85. The summed E-state index contributed by atoms with van der Waals surface area (Å²) in [6.45, 7) is 0. The minimum atomic E-state index is 0.519. The minimum Gasteiger partial charge on any atom is -0.480 e. The minimum absolute atomic E-state index is 0.519. The van der Waals surface area contributed by atoms with Crippen LogP contribution in [0.4, 0.5) is 0 Å². The van der Waals surface area contributed by atoms with Crippen molar-refractivity contribution in [3.05, 3.63) is 36.0 Å². The van der Waals surface area contributed by atoms with Crippen LogP contribution in [0.1, 0.15) is 48.8 Å². The molecule has 0 atom stereocenters. The van der Waals surface area contributed by atoms with Crippen molar-refractivity contribution in [2.45, 2.75) is 37.5 Å². The molecular weight excluding hydrogens is 288 g/mol. The number of aromatic amines is 1. The van der Waals surface area contributed by atoms with Crippen molar-refractivity contribution >= 4 is 10.9 Å². The second-order valence-corrected chi connectivity index (χ2v) is 6.55. The van der Waals surface area contributed by atoms with Crippen LogP contribution in [0.3, 0.4) is 0 Å². The van der Waals surface area contributed by atoms with Crippen molar-refractivity contribution in [3.63, 3.8) is 0 Å². The predicted molar refractivity (Wildman–Crippen MR) is 87.6 cm³/mol. The van der Waals surface area contributed by atoms with Gasteiger partial charge in [-0.25, -0.2) is 9.97 Å². The second kappa shape index (κ2) is 4.78. The third kappa shape index (κ3) is 2.11. The van der Waals surface area contributed by atoms with E-state index in [1.54, 1.807) is 13.4 Å². The molecule has 3 aromatic heterocycles. The van der Waals surface area contributed by atoms with E-state index in [0.717, 1.165) is 22.5 Å². The molecule has 2 saturated carbocycles. The Morgan fingerprint density at radius 3 is 2.65 bits per heavy atom. The van der Waals surface area contributed by atoms with E-state index in [9.17, 15) is 0 Å². The first-order valence-electron chi connectivity index (χ1n) is 8.21. The van der Waals surface area contributed by atoms with Crippen molar-refractivity contribution in [1.29, 1.82) is 0 Å². The molecule has 2 fully saturated rings. The highest BCUT2D eigenvalue weighted by atomic mass is 16.5. The number of rotatable bonds is 4. The molecule has 0 aromatic carbocycles. The number of methoxy groups -OCH3 is 1. The Balaban J connectivity index is 1.68. The lowest BCUT2D eigenvalue weighted by Crippen LogP contribution is -2.00. The molecule has 2 aliphatic rings. The number of pyridine rings is 1. The summed E-state index contributed by atoms with van der Waals surface area (Å²) in [5, 5.41) is 1.24. The summed E-state index contributed by atoms with van der Waals surface area (Å²) in [7, 11) is 1.65. The third-order valence-electron chi connectivity index (χ3n) is 4.87. The van der Waals surface area contributed by atoms with Crippen molar-refractivity contribution in [3.8, 4) is 17.1 Å². The molecule has 0 saturated heterocycles. The van der Waals surface area contributed by atoms with Gasteiger partial charge >= 0.3 is 0 Å². The molecule has 0 radical (unpaired) electrons. The Morgan fingerprint density at radius 1 is 1.09 bits per heavy atom. The molecule has 3 aromatic rings. The second-order valence-electron chi connectivity index (χ2n) is 6.55. The molecule has 5 nitrogen and oxygen atoms in total. The number of H-pyrrole nitrogens is 1. The number of hydrogen-bond acceptors (Lipinski definition) is 4. The van der Waals surface area contributed by atoms with E-state index in [4.69, 9.17) is 9.72 Å². The molecule has 1 N–H and O–H groups in total. The van der Waals surface area contributed by atoms with Gasteiger partial charge in [-0.15, -0.1) is 0 Å². The number of aromatic nitrogens is 4. The van der Waals surface area contributed by atoms with Crippen molar-refractivity contribution < 1.29 is 4.74 Å². The summed E-state index contributed by atoms with van der Waals surface area (Å²) >= 11 is 0. The highest BCUT2D eigenvalue weighted by molar-refractivity contribution is 5.87. The van der Waals surface area contributed by atoms with Crippen molar-refractivity contribution in [2.24, 2.45) is 0 Å². The molecule has 3 heterocycles. The van der Waals surface area contributed by atoms with Gasteiger partial charge in [0.2, 0.25) is 5.88 Å². The largest absolute Gasteiger partial charge is 0.480 e. The number of nitrogens with zero attached hydrogens (tertiary/aromatic N) is 3. The fourth-order valence-corrected chi connectivity index (χ4v) is 3.35. The smallest absolute Gasteiger partial charge is 0.226 e. The monoisotopic (exact) mass is 306 g/mol. The lowest BCUT2D eigenvalue weighted by molar-refractivity contribution is 0.397. The molecule has 0 aliphatic heterocycles. The Kier molecular flexibility index (Phi) is 2.71. The summed E-state index contributed by atoms with van der Waals surface area (Å²) in [6.07, 6.45) is 10.7. The van der Waals surface area contributed by atoms with Gasteiger partial charge in [0.05, 0.1) is 24.1 Å². The zero-order valence-corrected chi connectivity index (χ0v) is 13.0. The molecule has 0 bridgehead atoms. The van der Waals surface area contributed by atoms with E-state index in [1.807, 2.05) is 6.20 Å². The number of fused-ring (bicyclic) bond motifs is 1. The zero-order chi connectivity index (χ0) is 15.4. The molecular formula is C18H18N4O. The Morgan fingerprint density at radius 2 is 1.91 bits per heavy atom. The van der Waals surface area contributed by atoms with Gasteiger partial charge in [0.25, 0.3) is 0 Å². The van der Waals surface area contributed by atoms with E-state index in [0.29, 0.717) is 17.7 Å². The molecule has 116 valence electrons. The highest BCUT2D eigenvalue weighted by Crippen LogP contribution is 2.46. The van der Waals surface area contributed by atoms with Crippen molar-refractivity contribution in [2.75, 3.05) is 7.11 Å². The van der Waals surface area contributed by atoms with Crippen LogP contribution in [-0.2, 0) is 0 Å². The summed E-state index contributed by atoms with van der Waals surface area (Å²) in [4.78, 5) is 16.9. The third-order valence-corrected chi connectivity index (χ3v) is 4.87. The Hall–Kier alpha value is -2.43. The fourth-order valence-electron chi connectivity index (χ4n) is 3.35. The Bertz CT molecular complexity index is 893. The molecule has 5 heteroatoms. The Labute approximate surface area is 134 Å². The number of nitrogens with one attached hydrogen (secondary N) is 1. The summed E-state index contributed by atoms with van der Waals surface area (Å²) in [5.41, 5.74) is 5.43. The summed E-state index contributed by atoms with van der Waals surface area (Å²) < 4.78 is 5.48. The average Bonchev–Trinajstić information content (AvgIpc) is 3.51. The van der Waals surface area contributed by atoms with E-state index in [-0.39, 0.29) is 0 Å². The van der Waals surface area contributed by atoms with Gasteiger partial charge in [-0.1, -0.05) is 0 Å². The molecule has 0 unspecified atom stereocenters. The molecule has 0 spiro atoms. The van der Waals surface area contributed by atoms with E-state index in [1.165, 1.54) is 36.6 Å². The first-order valence-corrected chi connectivity index (χ1v) is 8.21. The predicted octanol–water partition coefficient (Wildman–Crippen LogP) is 3.78. The maximum Gasteiger partial charge on any atom is 0.226 e. The molecule has 5 rings (SSSR count). The standard InChI is InChI=1S/C18H18N4O/c1-23-18-16(17(11-4-5-11)21-9-22-18)15-6-14-13(8-20-15)12(7-19-14)10-2-3-10/h6-11,19H,2-5H2,1H3. The van der Waals surface area contributed by atoms with Crippen LogP contribution < -0.4 is 4.74 Å². The topological polar surface area (TPSA) is 63.7 Å². The number of hydrogen-bond donors (Lipinski definition) is 1. The lowest BCUT2D eigenvalue weighted by Gasteiger charge is -2.11. The van der Waals surface area contributed by atoms with Crippen LogP contribution in [-0.4, -0.2) is 27.0 Å². The average molecular weight is 306 g/mol. The van der Waals surface area contributed by atoms with E-state index in [2.05, 4.69) is 27.2 Å². The van der Waals surface area contributed by atoms with Crippen molar-refractivity contribution in [1.82, 2.24) is 19.9 Å².